The number of ether oxygens (including phenoxy) is 2. The average Bonchev–Trinajstić information content (AvgIpc) is 2.55. The minimum Gasteiger partial charge on any atom is -0.493 e. The van der Waals surface area contributed by atoms with E-state index in [0.717, 1.165) is 0 Å². The Bertz CT molecular complexity index is 660. The molecular formula is C18H20FNO3. The van der Waals surface area contributed by atoms with Gasteiger partial charge in [-0.2, -0.15) is 0 Å². The third-order valence-electron chi connectivity index (χ3n) is 3.27. The molecule has 122 valence electrons. The van der Waals surface area contributed by atoms with Crippen molar-refractivity contribution >= 4 is 5.91 Å². The Kier molecular flexibility index (Phi) is 5.97. The number of methoxy groups -OCH3 is 1. The molecule has 1 N–H and O–H groups in total. The molecule has 0 aliphatic rings. The number of hydrogen-bond acceptors (Lipinski definition) is 3. The van der Waals surface area contributed by atoms with Gasteiger partial charge in [-0.1, -0.05) is 30.3 Å². The molecule has 0 bridgehead atoms. The zero-order valence-corrected chi connectivity index (χ0v) is 13.2. The predicted octanol–water partition coefficient (Wildman–Crippen LogP) is 2.96. The Labute approximate surface area is 135 Å². The summed E-state index contributed by atoms with van der Waals surface area (Å²) in [4.78, 5) is 12.0. The SMILES string of the molecule is COc1ccccc1OCC(C)NC(=O)Cc1ccccc1F. The summed E-state index contributed by atoms with van der Waals surface area (Å²) in [5.74, 6) is 0.634. The fourth-order valence-corrected chi connectivity index (χ4v) is 2.14. The van der Waals surface area contributed by atoms with Crippen LogP contribution in [0.4, 0.5) is 4.39 Å². The van der Waals surface area contributed by atoms with Gasteiger partial charge in [-0.25, -0.2) is 4.39 Å². The first kappa shape index (κ1) is 16.8. The van der Waals surface area contributed by atoms with Crippen molar-refractivity contribution in [1.82, 2.24) is 5.32 Å². The highest BCUT2D eigenvalue weighted by Gasteiger charge is 2.12. The van der Waals surface area contributed by atoms with Crippen LogP contribution in [0.1, 0.15) is 12.5 Å². The van der Waals surface area contributed by atoms with Crippen LogP contribution in [0.2, 0.25) is 0 Å². The van der Waals surface area contributed by atoms with Crippen molar-refractivity contribution in [3.63, 3.8) is 0 Å². The molecule has 1 amide bonds. The molecule has 0 spiro atoms. The Morgan fingerprint density at radius 2 is 1.78 bits per heavy atom. The second kappa shape index (κ2) is 8.17. The summed E-state index contributed by atoms with van der Waals surface area (Å²) in [6.07, 6.45) is 0.00563. The van der Waals surface area contributed by atoms with Crippen molar-refractivity contribution in [3.8, 4) is 11.5 Å². The predicted molar refractivity (Wildman–Crippen MR) is 86.2 cm³/mol. The molecule has 5 heteroatoms. The molecular weight excluding hydrogens is 297 g/mol. The number of para-hydroxylation sites is 2. The van der Waals surface area contributed by atoms with Crippen molar-refractivity contribution in [2.24, 2.45) is 0 Å². The van der Waals surface area contributed by atoms with Gasteiger partial charge in [0.15, 0.2) is 11.5 Å². The molecule has 0 aromatic heterocycles. The number of carbonyl (C=O) groups excluding carboxylic acids is 1. The average molecular weight is 317 g/mol. The molecule has 0 fully saturated rings. The summed E-state index contributed by atoms with van der Waals surface area (Å²) in [5.41, 5.74) is 0.378. The lowest BCUT2D eigenvalue weighted by Gasteiger charge is -2.16. The van der Waals surface area contributed by atoms with E-state index < -0.39 is 0 Å². The van der Waals surface area contributed by atoms with E-state index in [1.165, 1.54) is 6.07 Å². The number of rotatable bonds is 7. The summed E-state index contributed by atoms with van der Waals surface area (Å²) >= 11 is 0. The maximum absolute atomic E-state index is 13.5. The van der Waals surface area contributed by atoms with Gasteiger partial charge in [0.05, 0.1) is 19.6 Å². The quantitative estimate of drug-likeness (QED) is 0.854. The van der Waals surface area contributed by atoms with Crippen LogP contribution < -0.4 is 14.8 Å². The highest BCUT2D eigenvalue weighted by molar-refractivity contribution is 5.78. The van der Waals surface area contributed by atoms with Crippen LogP contribution in [0.25, 0.3) is 0 Å². The summed E-state index contributed by atoms with van der Waals surface area (Å²) in [7, 11) is 1.57. The number of hydrogen-bond donors (Lipinski definition) is 1. The molecule has 0 heterocycles. The summed E-state index contributed by atoms with van der Waals surface area (Å²) in [6.45, 7) is 2.12. The minimum atomic E-state index is -0.374. The van der Waals surface area contributed by atoms with Crippen LogP contribution in [0, 0.1) is 5.82 Å². The summed E-state index contributed by atoms with van der Waals surface area (Å²) < 4.78 is 24.4. The number of amides is 1. The smallest absolute Gasteiger partial charge is 0.224 e. The minimum absolute atomic E-state index is 0.00563. The molecule has 0 radical (unpaired) electrons. The van der Waals surface area contributed by atoms with Gasteiger partial charge < -0.3 is 14.8 Å². The molecule has 2 aromatic rings. The summed E-state index contributed by atoms with van der Waals surface area (Å²) in [6, 6.07) is 13.3. The van der Waals surface area contributed by atoms with Gasteiger partial charge in [0.25, 0.3) is 0 Å². The molecule has 2 rings (SSSR count). The molecule has 0 aliphatic heterocycles. The monoisotopic (exact) mass is 317 g/mol. The van der Waals surface area contributed by atoms with Crippen molar-refractivity contribution < 1.29 is 18.7 Å². The van der Waals surface area contributed by atoms with Crippen molar-refractivity contribution in [2.75, 3.05) is 13.7 Å². The van der Waals surface area contributed by atoms with Crippen LogP contribution >= 0.6 is 0 Å². The highest BCUT2D eigenvalue weighted by atomic mass is 19.1. The maximum Gasteiger partial charge on any atom is 0.224 e. The third-order valence-corrected chi connectivity index (χ3v) is 3.27. The highest BCUT2D eigenvalue weighted by Crippen LogP contribution is 2.25. The van der Waals surface area contributed by atoms with Gasteiger partial charge >= 0.3 is 0 Å². The van der Waals surface area contributed by atoms with E-state index in [2.05, 4.69) is 5.32 Å². The van der Waals surface area contributed by atoms with E-state index in [-0.39, 0.29) is 24.2 Å². The van der Waals surface area contributed by atoms with E-state index in [0.29, 0.717) is 23.7 Å². The van der Waals surface area contributed by atoms with Gasteiger partial charge in [0.1, 0.15) is 12.4 Å². The van der Waals surface area contributed by atoms with E-state index in [4.69, 9.17) is 9.47 Å². The van der Waals surface area contributed by atoms with Crippen LogP contribution in [-0.2, 0) is 11.2 Å². The fourth-order valence-electron chi connectivity index (χ4n) is 2.14. The van der Waals surface area contributed by atoms with Crippen LogP contribution in [0.15, 0.2) is 48.5 Å². The second-order valence-electron chi connectivity index (χ2n) is 5.20. The van der Waals surface area contributed by atoms with Crippen molar-refractivity contribution in [3.05, 3.63) is 59.9 Å². The molecule has 1 unspecified atom stereocenters. The van der Waals surface area contributed by atoms with Gasteiger partial charge in [-0.15, -0.1) is 0 Å². The number of halogens is 1. The van der Waals surface area contributed by atoms with Crippen LogP contribution in [0.3, 0.4) is 0 Å². The number of carbonyl (C=O) groups is 1. The Balaban J connectivity index is 1.83. The van der Waals surface area contributed by atoms with Crippen molar-refractivity contribution in [1.29, 1.82) is 0 Å². The first-order chi connectivity index (χ1) is 11.1. The lowest BCUT2D eigenvalue weighted by molar-refractivity contribution is -0.121. The lowest BCUT2D eigenvalue weighted by atomic mass is 10.1. The van der Waals surface area contributed by atoms with E-state index >= 15 is 0 Å². The molecule has 1 atom stereocenters. The molecule has 2 aromatic carbocycles. The second-order valence-corrected chi connectivity index (χ2v) is 5.20. The standard InChI is InChI=1S/C18H20FNO3/c1-13(12-23-17-10-6-5-9-16(17)22-2)20-18(21)11-14-7-3-4-8-15(14)19/h3-10,13H,11-12H2,1-2H3,(H,20,21). The topological polar surface area (TPSA) is 47.6 Å². The van der Waals surface area contributed by atoms with Gasteiger partial charge in [-0.3, -0.25) is 4.79 Å². The largest absolute Gasteiger partial charge is 0.493 e. The van der Waals surface area contributed by atoms with E-state index in [1.54, 1.807) is 37.4 Å². The van der Waals surface area contributed by atoms with Crippen molar-refractivity contribution in [2.45, 2.75) is 19.4 Å². The third kappa shape index (κ3) is 4.98. The molecule has 0 aliphatic carbocycles. The molecule has 23 heavy (non-hydrogen) atoms. The Hall–Kier alpha value is -2.56. The Morgan fingerprint density at radius 3 is 2.48 bits per heavy atom. The van der Waals surface area contributed by atoms with E-state index in [9.17, 15) is 9.18 Å². The number of nitrogens with one attached hydrogen (secondary N) is 1. The normalized spacial score (nSPS) is 11.6. The maximum atomic E-state index is 13.5. The van der Waals surface area contributed by atoms with Gasteiger partial charge in [0.2, 0.25) is 5.91 Å². The first-order valence-electron chi connectivity index (χ1n) is 7.38. The fraction of sp³-hybridized carbons (Fsp3) is 0.278. The molecule has 4 nitrogen and oxygen atoms in total. The van der Waals surface area contributed by atoms with Gasteiger partial charge in [-0.05, 0) is 30.7 Å². The van der Waals surface area contributed by atoms with Crippen LogP contribution in [0.5, 0.6) is 11.5 Å². The molecule has 0 saturated heterocycles. The zero-order chi connectivity index (χ0) is 16.7. The zero-order valence-electron chi connectivity index (χ0n) is 13.2. The number of benzene rings is 2. The first-order valence-corrected chi connectivity index (χ1v) is 7.38. The molecule has 0 saturated carbocycles. The van der Waals surface area contributed by atoms with Crippen LogP contribution in [-0.4, -0.2) is 25.7 Å². The van der Waals surface area contributed by atoms with E-state index in [1.807, 2.05) is 19.1 Å². The summed E-state index contributed by atoms with van der Waals surface area (Å²) in [5, 5.41) is 2.79. The van der Waals surface area contributed by atoms with Gasteiger partial charge in [0, 0.05) is 0 Å². The Morgan fingerprint density at radius 1 is 1.13 bits per heavy atom. The lowest BCUT2D eigenvalue weighted by Crippen LogP contribution is -2.37.